The summed E-state index contributed by atoms with van der Waals surface area (Å²) in [5.74, 6) is 0.790. The normalized spacial score (nSPS) is 10.9. The zero-order chi connectivity index (χ0) is 18.1. The van der Waals surface area contributed by atoms with E-state index in [0.717, 1.165) is 40.1 Å². The Kier molecular flexibility index (Phi) is 4.40. The standard InChI is InChI=1S/C20H23N3O2/c1-5-23-17-12-15(25-4)10-11-16(17)18(21)19(23)13-6-8-14(9-7-13)20(24)22(2)3/h6-12H,5,21H2,1-4H3. The molecule has 0 radical (unpaired) electrons. The molecule has 0 unspecified atom stereocenters. The summed E-state index contributed by atoms with van der Waals surface area (Å²) in [5.41, 5.74) is 10.9. The minimum absolute atomic E-state index is 0.0136. The second kappa shape index (κ2) is 6.51. The van der Waals surface area contributed by atoms with Gasteiger partial charge >= 0.3 is 0 Å². The van der Waals surface area contributed by atoms with Crippen molar-refractivity contribution >= 4 is 22.5 Å². The quantitative estimate of drug-likeness (QED) is 0.791. The van der Waals surface area contributed by atoms with Gasteiger partial charge in [0.1, 0.15) is 5.75 Å². The van der Waals surface area contributed by atoms with Gasteiger partial charge in [-0.2, -0.15) is 0 Å². The predicted octanol–water partition coefficient (Wildman–Crippen LogP) is 3.62. The third-order valence-corrected chi connectivity index (χ3v) is 4.44. The largest absolute Gasteiger partial charge is 0.497 e. The molecule has 1 amide bonds. The van der Waals surface area contributed by atoms with E-state index in [4.69, 9.17) is 10.5 Å². The van der Waals surface area contributed by atoms with Crippen LogP contribution in [0.5, 0.6) is 5.75 Å². The molecule has 0 spiro atoms. The number of hydrogen-bond acceptors (Lipinski definition) is 3. The van der Waals surface area contributed by atoms with Crippen LogP contribution in [-0.2, 0) is 6.54 Å². The van der Waals surface area contributed by atoms with Crippen molar-refractivity contribution in [3.8, 4) is 17.0 Å². The van der Waals surface area contributed by atoms with Crippen molar-refractivity contribution in [3.05, 3.63) is 48.0 Å². The topological polar surface area (TPSA) is 60.5 Å². The van der Waals surface area contributed by atoms with Crippen LogP contribution in [0, 0.1) is 0 Å². The van der Waals surface area contributed by atoms with Crippen LogP contribution in [0.1, 0.15) is 17.3 Å². The van der Waals surface area contributed by atoms with Crippen LogP contribution < -0.4 is 10.5 Å². The first kappa shape index (κ1) is 16.9. The number of nitrogens with two attached hydrogens (primary N) is 1. The fraction of sp³-hybridized carbons (Fsp3) is 0.250. The summed E-state index contributed by atoms with van der Waals surface area (Å²) in [6.07, 6.45) is 0. The van der Waals surface area contributed by atoms with Crippen molar-refractivity contribution in [3.63, 3.8) is 0 Å². The van der Waals surface area contributed by atoms with Gasteiger partial charge in [0, 0.05) is 43.2 Å². The van der Waals surface area contributed by atoms with Gasteiger partial charge in [-0.05, 0) is 31.2 Å². The molecule has 25 heavy (non-hydrogen) atoms. The molecule has 3 rings (SSSR count). The van der Waals surface area contributed by atoms with Crippen molar-refractivity contribution in [2.24, 2.45) is 0 Å². The summed E-state index contributed by atoms with van der Waals surface area (Å²) in [6, 6.07) is 13.5. The SMILES string of the molecule is CCn1c(-c2ccc(C(=O)N(C)C)cc2)c(N)c2ccc(OC)cc21. The Morgan fingerprint density at radius 3 is 2.40 bits per heavy atom. The van der Waals surface area contributed by atoms with Gasteiger partial charge in [0.25, 0.3) is 5.91 Å². The molecule has 130 valence electrons. The summed E-state index contributed by atoms with van der Waals surface area (Å²) in [4.78, 5) is 13.6. The number of nitrogen functional groups attached to an aromatic ring is 1. The lowest BCUT2D eigenvalue weighted by atomic mass is 10.1. The maximum Gasteiger partial charge on any atom is 0.253 e. The molecule has 0 fully saturated rings. The van der Waals surface area contributed by atoms with Crippen LogP contribution in [0.3, 0.4) is 0 Å². The third kappa shape index (κ3) is 2.82. The van der Waals surface area contributed by atoms with Crippen LogP contribution in [0.2, 0.25) is 0 Å². The number of ether oxygens (including phenoxy) is 1. The molecule has 2 N–H and O–H groups in total. The Hall–Kier alpha value is -2.95. The van der Waals surface area contributed by atoms with Crippen molar-refractivity contribution in [1.29, 1.82) is 0 Å². The Balaban J connectivity index is 2.15. The van der Waals surface area contributed by atoms with Gasteiger partial charge in [0.15, 0.2) is 0 Å². The third-order valence-electron chi connectivity index (χ3n) is 4.44. The first-order valence-corrected chi connectivity index (χ1v) is 8.25. The van der Waals surface area contributed by atoms with Crippen molar-refractivity contribution in [2.45, 2.75) is 13.5 Å². The summed E-state index contributed by atoms with van der Waals surface area (Å²) in [6.45, 7) is 2.88. The number of aromatic nitrogens is 1. The number of benzene rings is 2. The number of aryl methyl sites for hydroxylation is 1. The average molecular weight is 337 g/mol. The van der Waals surface area contributed by atoms with Crippen molar-refractivity contribution < 1.29 is 9.53 Å². The smallest absolute Gasteiger partial charge is 0.253 e. The number of nitrogens with zero attached hydrogens (tertiary/aromatic N) is 2. The predicted molar refractivity (Wildman–Crippen MR) is 102 cm³/mol. The molecule has 3 aromatic rings. The average Bonchev–Trinajstić information content (AvgIpc) is 2.92. The van der Waals surface area contributed by atoms with Gasteiger partial charge in [-0.1, -0.05) is 12.1 Å². The Labute approximate surface area is 147 Å². The second-order valence-corrected chi connectivity index (χ2v) is 6.17. The van der Waals surface area contributed by atoms with Gasteiger partial charge in [-0.25, -0.2) is 0 Å². The minimum Gasteiger partial charge on any atom is -0.497 e. The van der Waals surface area contributed by atoms with E-state index >= 15 is 0 Å². The first-order valence-electron chi connectivity index (χ1n) is 8.25. The molecule has 5 nitrogen and oxygen atoms in total. The van der Waals surface area contributed by atoms with Crippen LogP contribution in [-0.4, -0.2) is 36.6 Å². The van der Waals surface area contributed by atoms with Crippen LogP contribution in [0.15, 0.2) is 42.5 Å². The lowest BCUT2D eigenvalue weighted by molar-refractivity contribution is 0.0827. The molecule has 0 saturated carbocycles. The van der Waals surface area contributed by atoms with Crippen molar-refractivity contribution in [2.75, 3.05) is 26.9 Å². The molecule has 0 saturated heterocycles. The summed E-state index contributed by atoms with van der Waals surface area (Å²) in [5, 5.41) is 1.01. The molecule has 5 heteroatoms. The van der Waals surface area contributed by atoms with Crippen LogP contribution >= 0.6 is 0 Å². The molecule has 2 aromatic carbocycles. The maximum atomic E-state index is 12.1. The van der Waals surface area contributed by atoms with Gasteiger partial charge in [-0.3, -0.25) is 4.79 Å². The van der Waals surface area contributed by atoms with Crippen LogP contribution in [0.4, 0.5) is 5.69 Å². The van der Waals surface area contributed by atoms with E-state index in [1.807, 2.05) is 42.5 Å². The van der Waals surface area contributed by atoms with E-state index in [9.17, 15) is 4.79 Å². The van der Waals surface area contributed by atoms with E-state index < -0.39 is 0 Å². The number of carbonyl (C=O) groups is 1. The maximum absolute atomic E-state index is 12.1. The number of methoxy groups -OCH3 is 1. The molecule has 1 heterocycles. The highest BCUT2D eigenvalue weighted by atomic mass is 16.5. The molecule has 0 atom stereocenters. The van der Waals surface area contributed by atoms with E-state index in [-0.39, 0.29) is 5.91 Å². The minimum atomic E-state index is -0.0136. The monoisotopic (exact) mass is 337 g/mol. The Morgan fingerprint density at radius 1 is 1.16 bits per heavy atom. The van der Waals surface area contributed by atoms with E-state index in [0.29, 0.717) is 5.56 Å². The molecule has 0 aliphatic heterocycles. The highest BCUT2D eigenvalue weighted by Gasteiger charge is 2.17. The van der Waals surface area contributed by atoms with Gasteiger partial charge in [0.05, 0.1) is 24.0 Å². The molecule has 0 aliphatic carbocycles. The summed E-state index contributed by atoms with van der Waals surface area (Å²) in [7, 11) is 5.15. The van der Waals surface area contributed by atoms with Crippen molar-refractivity contribution in [1.82, 2.24) is 9.47 Å². The van der Waals surface area contributed by atoms with Gasteiger partial charge in [0.2, 0.25) is 0 Å². The molecule has 1 aromatic heterocycles. The fourth-order valence-corrected chi connectivity index (χ4v) is 3.15. The van der Waals surface area contributed by atoms with E-state index in [2.05, 4.69) is 11.5 Å². The van der Waals surface area contributed by atoms with Crippen LogP contribution in [0.25, 0.3) is 22.2 Å². The Morgan fingerprint density at radius 2 is 1.84 bits per heavy atom. The highest BCUT2D eigenvalue weighted by molar-refractivity contribution is 6.02. The highest BCUT2D eigenvalue weighted by Crippen LogP contribution is 2.37. The zero-order valence-electron chi connectivity index (χ0n) is 15.0. The Bertz CT molecular complexity index is 924. The lowest BCUT2D eigenvalue weighted by Crippen LogP contribution is -2.21. The van der Waals surface area contributed by atoms with E-state index in [1.54, 1.807) is 26.1 Å². The van der Waals surface area contributed by atoms with E-state index in [1.165, 1.54) is 0 Å². The number of amides is 1. The lowest BCUT2D eigenvalue weighted by Gasteiger charge is -2.12. The number of rotatable bonds is 4. The van der Waals surface area contributed by atoms with Gasteiger partial charge < -0.3 is 19.9 Å². The summed E-state index contributed by atoms with van der Waals surface area (Å²) < 4.78 is 7.52. The number of anilines is 1. The molecular formula is C20H23N3O2. The molecule has 0 bridgehead atoms. The molecule has 0 aliphatic rings. The first-order chi connectivity index (χ1) is 12.0. The number of fused-ring (bicyclic) bond motifs is 1. The fourth-order valence-electron chi connectivity index (χ4n) is 3.15. The molecular weight excluding hydrogens is 314 g/mol. The number of carbonyl (C=O) groups excluding carboxylic acids is 1. The number of hydrogen-bond donors (Lipinski definition) is 1. The van der Waals surface area contributed by atoms with Gasteiger partial charge in [-0.15, -0.1) is 0 Å². The summed E-state index contributed by atoms with van der Waals surface area (Å²) >= 11 is 0. The second-order valence-electron chi connectivity index (χ2n) is 6.17. The zero-order valence-corrected chi connectivity index (χ0v) is 15.0.